The summed E-state index contributed by atoms with van der Waals surface area (Å²) in [7, 11) is 0. The SMILES string of the molecule is CCCCCCCCCCCCCCCC(N)CNCC. The molecule has 0 aromatic rings. The highest BCUT2D eigenvalue weighted by Gasteiger charge is 2.00. The molecule has 0 saturated heterocycles. The van der Waals surface area contributed by atoms with Crippen LogP contribution < -0.4 is 11.1 Å². The molecular weight excluding hydrogens is 256 g/mol. The van der Waals surface area contributed by atoms with Gasteiger partial charge in [-0.1, -0.05) is 97.3 Å². The van der Waals surface area contributed by atoms with Crippen molar-refractivity contribution in [3.63, 3.8) is 0 Å². The summed E-state index contributed by atoms with van der Waals surface area (Å²) in [6.07, 6.45) is 19.7. The van der Waals surface area contributed by atoms with E-state index in [1.165, 1.54) is 89.9 Å². The van der Waals surface area contributed by atoms with Crippen LogP contribution in [0.2, 0.25) is 0 Å². The smallest absolute Gasteiger partial charge is 0.0165 e. The molecule has 0 aromatic carbocycles. The van der Waals surface area contributed by atoms with E-state index < -0.39 is 0 Å². The molecule has 0 radical (unpaired) electrons. The lowest BCUT2D eigenvalue weighted by Gasteiger charge is -2.11. The summed E-state index contributed by atoms with van der Waals surface area (Å²) in [5.41, 5.74) is 6.04. The summed E-state index contributed by atoms with van der Waals surface area (Å²) in [5, 5.41) is 3.32. The Bertz CT molecular complexity index is 182. The third-order valence-electron chi connectivity index (χ3n) is 4.33. The number of hydrogen-bond acceptors (Lipinski definition) is 2. The fourth-order valence-electron chi connectivity index (χ4n) is 2.86. The van der Waals surface area contributed by atoms with Crippen LogP contribution in [0.3, 0.4) is 0 Å². The second-order valence-corrected chi connectivity index (χ2v) is 6.60. The van der Waals surface area contributed by atoms with E-state index in [-0.39, 0.29) is 0 Å². The molecule has 0 rings (SSSR count). The summed E-state index contributed by atoms with van der Waals surface area (Å²) in [4.78, 5) is 0. The molecule has 128 valence electrons. The Hall–Kier alpha value is -0.0800. The minimum atomic E-state index is 0.359. The molecule has 0 fully saturated rings. The second-order valence-electron chi connectivity index (χ2n) is 6.60. The molecule has 0 aliphatic rings. The van der Waals surface area contributed by atoms with E-state index in [0.29, 0.717) is 6.04 Å². The predicted octanol–water partition coefficient (Wildman–Crippen LogP) is 5.40. The van der Waals surface area contributed by atoms with Gasteiger partial charge >= 0.3 is 0 Å². The molecule has 0 aliphatic heterocycles. The molecule has 1 atom stereocenters. The van der Waals surface area contributed by atoms with Crippen LogP contribution in [0.1, 0.15) is 104 Å². The number of nitrogens with two attached hydrogens (primary N) is 1. The van der Waals surface area contributed by atoms with E-state index in [0.717, 1.165) is 13.1 Å². The molecule has 3 N–H and O–H groups in total. The van der Waals surface area contributed by atoms with Crippen molar-refractivity contribution in [3.8, 4) is 0 Å². The zero-order valence-electron chi connectivity index (χ0n) is 15.0. The summed E-state index contributed by atoms with van der Waals surface area (Å²) < 4.78 is 0. The van der Waals surface area contributed by atoms with Crippen molar-refractivity contribution in [1.29, 1.82) is 0 Å². The van der Waals surface area contributed by atoms with Crippen molar-refractivity contribution in [2.45, 2.75) is 110 Å². The van der Waals surface area contributed by atoms with Gasteiger partial charge in [0.05, 0.1) is 0 Å². The van der Waals surface area contributed by atoms with Crippen LogP contribution in [0.25, 0.3) is 0 Å². The molecule has 0 bridgehead atoms. The molecule has 2 heteroatoms. The Morgan fingerprint density at radius 2 is 1.10 bits per heavy atom. The Kier molecular flexibility index (Phi) is 17.9. The normalized spacial score (nSPS) is 12.7. The molecule has 0 aromatic heterocycles. The topological polar surface area (TPSA) is 38.0 Å². The third-order valence-corrected chi connectivity index (χ3v) is 4.33. The number of rotatable bonds is 17. The van der Waals surface area contributed by atoms with Gasteiger partial charge in [0.15, 0.2) is 0 Å². The van der Waals surface area contributed by atoms with Gasteiger partial charge in [-0.25, -0.2) is 0 Å². The predicted molar refractivity (Wildman–Crippen MR) is 96.8 cm³/mol. The maximum atomic E-state index is 6.04. The summed E-state index contributed by atoms with van der Waals surface area (Å²) in [5.74, 6) is 0. The molecule has 2 nitrogen and oxygen atoms in total. The molecule has 0 amide bonds. The Balaban J connectivity index is 3.02. The largest absolute Gasteiger partial charge is 0.327 e. The van der Waals surface area contributed by atoms with Crippen LogP contribution in [0, 0.1) is 0 Å². The maximum absolute atomic E-state index is 6.04. The lowest BCUT2D eigenvalue weighted by molar-refractivity contribution is 0.501. The third kappa shape index (κ3) is 17.9. The number of unbranched alkanes of at least 4 members (excludes halogenated alkanes) is 12. The Morgan fingerprint density at radius 3 is 1.52 bits per heavy atom. The lowest BCUT2D eigenvalue weighted by atomic mass is 10.0. The fraction of sp³-hybridized carbons (Fsp3) is 1.00. The minimum Gasteiger partial charge on any atom is -0.327 e. The average Bonchev–Trinajstić information content (AvgIpc) is 2.49. The summed E-state index contributed by atoms with van der Waals surface area (Å²) in [6.45, 7) is 6.44. The standard InChI is InChI=1S/C19H42N2/c1-3-5-6-7-8-9-10-11-12-13-14-15-16-17-19(20)18-21-4-2/h19,21H,3-18,20H2,1-2H3. The van der Waals surface area contributed by atoms with Gasteiger partial charge in [-0.15, -0.1) is 0 Å². The number of hydrogen-bond donors (Lipinski definition) is 2. The maximum Gasteiger partial charge on any atom is 0.0165 e. The van der Waals surface area contributed by atoms with E-state index in [9.17, 15) is 0 Å². The first-order valence-electron chi connectivity index (χ1n) is 9.77. The van der Waals surface area contributed by atoms with Crippen molar-refractivity contribution in [3.05, 3.63) is 0 Å². The highest BCUT2D eigenvalue weighted by molar-refractivity contribution is 4.63. The van der Waals surface area contributed by atoms with Crippen LogP contribution in [-0.2, 0) is 0 Å². The molecule has 0 aliphatic carbocycles. The van der Waals surface area contributed by atoms with Gasteiger partial charge in [0, 0.05) is 12.6 Å². The van der Waals surface area contributed by atoms with Crippen molar-refractivity contribution in [2.75, 3.05) is 13.1 Å². The average molecular weight is 299 g/mol. The molecule has 0 spiro atoms. The van der Waals surface area contributed by atoms with Gasteiger partial charge in [0.2, 0.25) is 0 Å². The first kappa shape index (κ1) is 20.9. The van der Waals surface area contributed by atoms with E-state index in [4.69, 9.17) is 5.73 Å². The molecule has 21 heavy (non-hydrogen) atoms. The van der Waals surface area contributed by atoms with Crippen molar-refractivity contribution in [1.82, 2.24) is 5.32 Å². The van der Waals surface area contributed by atoms with Crippen molar-refractivity contribution in [2.24, 2.45) is 5.73 Å². The molecule has 1 unspecified atom stereocenters. The lowest BCUT2D eigenvalue weighted by Crippen LogP contribution is -2.33. The van der Waals surface area contributed by atoms with Crippen molar-refractivity contribution >= 4 is 0 Å². The summed E-state index contributed by atoms with van der Waals surface area (Å²) in [6, 6.07) is 0.359. The van der Waals surface area contributed by atoms with Crippen LogP contribution >= 0.6 is 0 Å². The van der Waals surface area contributed by atoms with E-state index in [1.54, 1.807) is 0 Å². The van der Waals surface area contributed by atoms with Crippen molar-refractivity contribution < 1.29 is 0 Å². The Labute approximate surface area is 134 Å². The fourth-order valence-corrected chi connectivity index (χ4v) is 2.86. The van der Waals surface area contributed by atoms with Crippen LogP contribution in [0.5, 0.6) is 0 Å². The van der Waals surface area contributed by atoms with Gasteiger partial charge in [0.1, 0.15) is 0 Å². The van der Waals surface area contributed by atoms with Crippen LogP contribution in [0.4, 0.5) is 0 Å². The van der Waals surface area contributed by atoms with Gasteiger partial charge in [0.25, 0.3) is 0 Å². The first-order valence-corrected chi connectivity index (χ1v) is 9.77. The van der Waals surface area contributed by atoms with Gasteiger partial charge in [-0.2, -0.15) is 0 Å². The van der Waals surface area contributed by atoms with Gasteiger partial charge in [-0.3, -0.25) is 0 Å². The van der Waals surface area contributed by atoms with Gasteiger partial charge in [-0.05, 0) is 13.0 Å². The molecule has 0 saturated carbocycles. The highest BCUT2D eigenvalue weighted by atomic mass is 14.9. The zero-order chi connectivity index (χ0) is 15.6. The number of nitrogens with one attached hydrogen (secondary N) is 1. The second kappa shape index (κ2) is 18.0. The zero-order valence-corrected chi connectivity index (χ0v) is 15.0. The Morgan fingerprint density at radius 1 is 0.667 bits per heavy atom. The first-order chi connectivity index (χ1) is 10.3. The quantitative estimate of drug-likeness (QED) is 0.353. The minimum absolute atomic E-state index is 0.359. The summed E-state index contributed by atoms with van der Waals surface area (Å²) >= 11 is 0. The molecule has 0 heterocycles. The van der Waals surface area contributed by atoms with Crippen LogP contribution in [-0.4, -0.2) is 19.1 Å². The number of likely N-dealkylation sites (N-methyl/N-ethyl adjacent to an activating group) is 1. The van der Waals surface area contributed by atoms with E-state index in [2.05, 4.69) is 19.2 Å². The molecular formula is C19H42N2. The van der Waals surface area contributed by atoms with Gasteiger partial charge < -0.3 is 11.1 Å². The monoisotopic (exact) mass is 298 g/mol. The highest BCUT2D eigenvalue weighted by Crippen LogP contribution is 2.13. The van der Waals surface area contributed by atoms with E-state index >= 15 is 0 Å². The van der Waals surface area contributed by atoms with Crippen LogP contribution in [0.15, 0.2) is 0 Å². The van der Waals surface area contributed by atoms with E-state index in [1.807, 2.05) is 0 Å².